The molecule has 126 valence electrons. The van der Waals surface area contributed by atoms with Gasteiger partial charge in [0, 0.05) is 19.0 Å². The number of carbonyl (C=O) groups is 2. The monoisotopic (exact) mass is 321 g/mol. The summed E-state index contributed by atoms with van der Waals surface area (Å²) in [5, 5.41) is 9.27. The van der Waals surface area contributed by atoms with Gasteiger partial charge in [-0.15, -0.1) is 0 Å². The molecule has 6 heteroatoms. The van der Waals surface area contributed by atoms with Crippen LogP contribution in [0.15, 0.2) is 18.2 Å². The molecule has 0 radical (unpaired) electrons. The van der Waals surface area contributed by atoms with Gasteiger partial charge in [0.2, 0.25) is 0 Å². The third-order valence-corrected chi connectivity index (χ3v) is 4.23. The second-order valence-corrected chi connectivity index (χ2v) is 5.63. The number of Topliss-reactive ketones (excluding diaryl/α,β-unsaturated/α-hetero) is 1. The van der Waals surface area contributed by atoms with Crippen LogP contribution in [0.3, 0.4) is 0 Å². The first-order valence-corrected chi connectivity index (χ1v) is 7.79. The molecule has 1 unspecified atom stereocenters. The van der Waals surface area contributed by atoms with Crippen LogP contribution in [0.5, 0.6) is 11.5 Å². The predicted molar refractivity (Wildman–Crippen MR) is 85.3 cm³/mol. The number of piperidine rings is 1. The fourth-order valence-electron chi connectivity index (χ4n) is 2.95. The molecular formula is C17H23NO5. The molecule has 0 aliphatic carbocycles. The second-order valence-electron chi connectivity index (χ2n) is 5.63. The second kappa shape index (κ2) is 7.97. The minimum atomic E-state index is -0.806. The molecular weight excluding hydrogens is 298 g/mol. The number of hydrogen-bond acceptors (Lipinski definition) is 5. The third-order valence-electron chi connectivity index (χ3n) is 4.23. The van der Waals surface area contributed by atoms with Crippen molar-refractivity contribution < 1.29 is 24.2 Å². The van der Waals surface area contributed by atoms with E-state index in [4.69, 9.17) is 9.47 Å². The highest BCUT2D eigenvalue weighted by atomic mass is 16.5. The highest BCUT2D eigenvalue weighted by Crippen LogP contribution is 2.26. The van der Waals surface area contributed by atoms with Crippen molar-refractivity contribution >= 4 is 11.8 Å². The number of methoxy groups -OCH3 is 2. The number of hydrogen-bond donors (Lipinski definition) is 1. The first-order valence-electron chi connectivity index (χ1n) is 7.79. The summed E-state index contributed by atoms with van der Waals surface area (Å²) < 4.78 is 10.4. The highest BCUT2D eigenvalue weighted by Gasteiger charge is 2.28. The Kier molecular flexibility index (Phi) is 5.98. The van der Waals surface area contributed by atoms with Crippen molar-refractivity contribution in [1.29, 1.82) is 0 Å². The summed E-state index contributed by atoms with van der Waals surface area (Å²) in [6, 6.07) is 4.60. The number of likely N-dealkylation sites (tertiary alicyclic amines) is 1. The van der Waals surface area contributed by atoms with Crippen LogP contribution in [-0.2, 0) is 4.79 Å². The maximum Gasteiger partial charge on any atom is 0.320 e. The standard InChI is InChI=1S/C17H23NO5/c1-22-12-6-7-13(16(11-12)23-2)15(19)8-10-18-9-4-3-5-14(18)17(20)21/h6-7,11,14H,3-5,8-10H2,1-2H3,(H,20,21). The molecule has 1 N–H and O–H groups in total. The van der Waals surface area contributed by atoms with Gasteiger partial charge in [-0.3, -0.25) is 14.5 Å². The van der Waals surface area contributed by atoms with Gasteiger partial charge in [0.05, 0.1) is 19.8 Å². The SMILES string of the molecule is COc1ccc(C(=O)CCN2CCCCC2C(=O)O)c(OC)c1. The van der Waals surface area contributed by atoms with Gasteiger partial charge in [0.25, 0.3) is 0 Å². The number of carboxylic acid groups (broad SMARTS) is 1. The molecule has 1 heterocycles. The molecule has 0 aromatic heterocycles. The van der Waals surface area contributed by atoms with Gasteiger partial charge in [-0.1, -0.05) is 6.42 Å². The van der Waals surface area contributed by atoms with E-state index in [0.29, 0.717) is 30.0 Å². The molecule has 1 aromatic carbocycles. The summed E-state index contributed by atoms with van der Waals surface area (Å²) in [4.78, 5) is 25.6. The van der Waals surface area contributed by atoms with Crippen molar-refractivity contribution in [1.82, 2.24) is 4.90 Å². The first kappa shape index (κ1) is 17.3. The van der Waals surface area contributed by atoms with E-state index in [1.54, 1.807) is 25.3 Å². The van der Waals surface area contributed by atoms with Crippen LogP contribution in [0.25, 0.3) is 0 Å². The lowest BCUT2D eigenvalue weighted by atomic mass is 10.0. The maximum atomic E-state index is 12.4. The van der Waals surface area contributed by atoms with E-state index in [1.165, 1.54) is 7.11 Å². The summed E-state index contributed by atoms with van der Waals surface area (Å²) in [7, 11) is 3.06. The van der Waals surface area contributed by atoms with Crippen LogP contribution in [-0.4, -0.2) is 55.1 Å². The lowest BCUT2D eigenvalue weighted by Crippen LogP contribution is -2.45. The summed E-state index contributed by atoms with van der Waals surface area (Å²) in [6.07, 6.45) is 2.82. The number of carboxylic acids is 1. The Hall–Kier alpha value is -2.08. The number of nitrogens with zero attached hydrogens (tertiary/aromatic N) is 1. The van der Waals surface area contributed by atoms with Crippen LogP contribution >= 0.6 is 0 Å². The quantitative estimate of drug-likeness (QED) is 0.776. The van der Waals surface area contributed by atoms with Gasteiger partial charge in [-0.25, -0.2) is 0 Å². The Balaban J connectivity index is 2.03. The van der Waals surface area contributed by atoms with Crippen molar-refractivity contribution in [2.75, 3.05) is 27.3 Å². The average Bonchev–Trinajstić information content (AvgIpc) is 2.59. The van der Waals surface area contributed by atoms with Crippen molar-refractivity contribution in [3.63, 3.8) is 0 Å². The molecule has 1 aromatic rings. The largest absolute Gasteiger partial charge is 0.497 e. The van der Waals surface area contributed by atoms with E-state index in [9.17, 15) is 14.7 Å². The van der Waals surface area contributed by atoms with Crippen LogP contribution in [0.2, 0.25) is 0 Å². The lowest BCUT2D eigenvalue weighted by molar-refractivity contribution is -0.144. The average molecular weight is 321 g/mol. The van der Waals surface area contributed by atoms with Gasteiger partial charge in [-0.05, 0) is 31.5 Å². The summed E-state index contributed by atoms with van der Waals surface area (Å²) in [5.41, 5.74) is 0.497. The lowest BCUT2D eigenvalue weighted by Gasteiger charge is -2.32. The Morgan fingerprint density at radius 1 is 1.26 bits per heavy atom. The van der Waals surface area contributed by atoms with Crippen molar-refractivity contribution in [2.24, 2.45) is 0 Å². The Morgan fingerprint density at radius 2 is 2.04 bits per heavy atom. The zero-order valence-corrected chi connectivity index (χ0v) is 13.6. The van der Waals surface area contributed by atoms with Crippen molar-refractivity contribution in [3.05, 3.63) is 23.8 Å². The molecule has 0 spiro atoms. The predicted octanol–water partition coefficient (Wildman–Crippen LogP) is 2.22. The number of aliphatic carboxylic acids is 1. The fraction of sp³-hybridized carbons (Fsp3) is 0.529. The number of ketones is 1. The summed E-state index contributed by atoms with van der Waals surface area (Å²) in [5.74, 6) is 0.238. The van der Waals surface area contributed by atoms with Gasteiger partial charge >= 0.3 is 5.97 Å². The van der Waals surface area contributed by atoms with E-state index in [2.05, 4.69) is 0 Å². The van der Waals surface area contributed by atoms with E-state index in [0.717, 1.165) is 19.4 Å². The zero-order chi connectivity index (χ0) is 16.8. The van der Waals surface area contributed by atoms with Gasteiger partial charge < -0.3 is 14.6 Å². The molecule has 2 rings (SSSR count). The summed E-state index contributed by atoms with van der Waals surface area (Å²) in [6.45, 7) is 1.18. The topological polar surface area (TPSA) is 76.1 Å². The third kappa shape index (κ3) is 4.22. The minimum absolute atomic E-state index is 0.0563. The van der Waals surface area contributed by atoms with Gasteiger partial charge in [0.1, 0.15) is 17.5 Å². The fourth-order valence-corrected chi connectivity index (χ4v) is 2.95. The molecule has 1 fully saturated rings. The molecule has 0 bridgehead atoms. The summed E-state index contributed by atoms with van der Waals surface area (Å²) >= 11 is 0. The van der Waals surface area contributed by atoms with Crippen LogP contribution < -0.4 is 9.47 Å². The smallest absolute Gasteiger partial charge is 0.320 e. The van der Waals surface area contributed by atoms with Gasteiger partial charge in [-0.2, -0.15) is 0 Å². The molecule has 6 nitrogen and oxygen atoms in total. The molecule has 1 saturated heterocycles. The molecule has 1 aliphatic rings. The Bertz CT molecular complexity index is 572. The molecule has 0 saturated carbocycles. The molecule has 1 atom stereocenters. The Labute approximate surface area is 136 Å². The number of benzene rings is 1. The number of carbonyl (C=O) groups excluding carboxylic acids is 1. The minimum Gasteiger partial charge on any atom is -0.497 e. The van der Waals surface area contributed by atoms with Crippen LogP contribution in [0.1, 0.15) is 36.0 Å². The zero-order valence-electron chi connectivity index (χ0n) is 13.6. The van der Waals surface area contributed by atoms with Crippen LogP contribution in [0, 0.1) is 0 Å². The van der Waals surface area contributed by atoms with E-state index < -0.39 is 12.0 Å². The normalized spacial score (nSPS) is 18.4. The molecule has 1 aliphatic heterocycles. The maximum absolute atomic E-state index is 12.4. The van der Waals surface area contributed by atoms with E-state index >= 15 is 0 Å². The first-order chi connectivity index (χ1) is 11.1. The van der Waals surface area contributed by atoms with Crippen molar-refractivity contribution in [2.45, 2.75) is 31.7 Å². The van der Waals surface area contributed by atoms with Gasteiger partial charge in [0.15, 0.2) is 5.78 Å². The number of ether oxygens (including phenoxy) is 2. The number of rotatable bonds is 7. The molecule has 0 amide bonds. The highest BCUT2D eigenvalue weighted by molar-refractivity contribution is 5.99. The Morgan fingerprint density at radius 3 is 2.70 bits per heavy atom. The van der Waals surface area contributed by atoms with Crippen LogP contribution in [0.4, 0.5) is 0 Å². The van der Waals surface area contributed by atoms with E-state index in [1.807, 2.05) is 4.90 Å². The van der Waals surface area contributed by atoms with E-state index in [-0.39, 0.29) is 12.2 Å². The van der Waals surface area contributed by atoms with Crippen molar-refractivity contribution in [3.8, 4) is 11.5 Å². The molecule has 23 heavy (non-hydrogen) atoms.